The van der Waals surface area contributed by atoms with Gasteiger partial charge in [0.15, 0.2) is 23.1 Å². The molecule has 9 aromatic rings. The molecule has 0 aliphatic rings. The minimum atomic E-state index is 0.524. The molecule has 0 saturated heterocycles. The van der Waals surface area contributed by atoms with E-state index in [0.29, 0.717) is 34.5 Å². The number of aromatic nitrogens is 6. The molecule has 0 amide bonds. The van der Waals surface area contributed by atoms with Gasteiger partial charge in [0.1, 0.15) is 17.5 Å². The third-order valence-electron chi connectivity index (χ3n) is 8.53. The van der Waals surface area contributed by atoms with Gasteiger partial charge in [0.2, 0.25) is 5.71 Å². The van der Waals surface area contributed by atoms with Gasteiger partial charge in [-0.15, -0.1) is 0 Å². The van der Waals surface area contributed by atoms with Crippen LogP contribution in [0.15, 0.2) is 163 Å². The Kier molecular flexibility index (Phi) is 6.98. The quantitative estimate of drug-likeness (QED) is 0.181. The highest BCUT2D eigenvalue weighted by molar-refractivity contribution is 6.06. The second kappa shape index (κ2) is 12.1. The summed E-state index contributed by atoms with van der Waals surface area (Å²) in [6.07, 6.45) is 3.40. The molecule has 0 fully saturated rings. The first-order valence-corrected chi connectivity index (χ1v) is 15.9. The zero-order chi connectivity index (χ0) is 32.6. The molecule has 0 atom stereocenters. The van der Waals surface area contributed by atoms with Crippen LogP contribution in [0.25, 0.3) is 89.9 Å². The topological polar surface area (TPSA) is 90.5 Å². The summed E-state index contributed by atoms with van der Waals surface area (Å²) < 4.78 is 6.25. The van der Waals surface area contributed by atoms with E-state index in [4.69, 9.17) is 19.4 Å². The third-order valence-corrected chi connectivity index (χ3v) is 8.53. The molecule has 0 saturated carbocycles. The van der Waals surface area contributed by atoms with E-state index in [1.165, 1.54) is 0 Å². The molecule has 5 aromatic carbocycles. The lowest BCUT2D eigenvalue weighted by atomic mass is 10.0. The van der Waals surface area contributed by atoms with Crippen LogP contribution < -0.4 is 0 Å². The smallest absolute Gasteiger partial charge is 0.229 e. The van der Waals surface area contributed by atoms with Crippen molar-refractivity contribution in [3.8, 4) is 67.7 Å². The number of rotatable bonds is 6. The molecule has 0 aliphatic carbocycles. The maximum atomic E-state index is 6.25. The number of hydrogen-bond acceptors (Lipinski definition) is 7. The Morgan fingerprint density at radius 2 is 0.918 bits per heavy atom. The van der Waals surface area contributed by atoms with E-state index in [2.05, 4.69) is 57.4 Å². The van der Waals surface area contributed by atoms with Crippen molar-refractivity contribution in [3.63, 3.8) is 0 Å². The Bertz CT molecular complexity index is 2590. The van der Waals surface area contributed by atoms with Crippen molar-refractivity contribution >= 4 is 22.2 Å². The molecule has 7 heteroatoms. The van der Waals surface area contributed by atoms with Gasteiger partial charge in [0, 0.05) is 34.0 Å². The van der Waals surface area contributed by atoms with Crippen LogP contribution in [0.1, 0.15) is 0 Å². The van der Waals surface area contributed by atoms with Crippen LogP contribution in [-0.4, -0.2) is 29.9 Å². The summed E-state index contributed by atoms with van der Waals surface area (Å²) in [6, 6.07) is 48.8. The van der Waals surface area contributed by atoms with Gasteiger partial charge in [-0.1, -0.05) is 133 Å². The molecule has 0 bridgehead atoms. The van der Waals surface area contributed by atoms with Crippen molar-refractivity contribution < 1.29 is 4.42 Å². The van der Waals surface area contributed by atoms with E-state index in [9.17, 15) is 0 Å². The molecule has 7 nitrogen and oxygen atoms in total. The SMILES string of the molecule is c1ccc(-c2cccc(-c3nc(-c4ccccc4)nc(-c4ccc(-c5ncnc6c5oc5ncc(-c7ccccc7)cc56)cc4)n3)c2)cc1. The van der Waals surface area contributed by atoms with Gasteiger partial charge in [-0.2, -0.15) is 0 Å². The predicted molar refractivity (Wildman–Crippen MR) is 193 cm³/mol. The van der Waals surface area contributed by atoms with Gasteiger partial charge in [-0.25, -0.2) is 29.9 Å². The highest BCUT2D eigenvalue weighted by atomic mass is 16.3. The summed E-state index contributed by atoms with van der Waals surface area (Å²) in [5.74, 6) is 1.79. The molecule has 0 unspecified atom stereocenters. The third kappa shape index (κ3) is 5.39. The van der Waals surface area contributed by atoms with E-state index in [1.807, 2.05) is 109 Å². The normalized spacial score (nSPS) is 11.3. The second-order valence-corrected chi connectivity index (χ2v) is 11.6. The van der Waals surface area contributed by atoms with E-state index in [0.717, 1.165) is 55.4 Å². The maximum absolute atomic E-state index is 6.25. The molecule has 9 rings (SSSR count). The van der Waals surface area contributed by atoms with Crippen LogP contribution in [0.3, 0.4) is 0 Å². The van der Waals surface area contributed by atoms with Crippen LogP contribution in [0, 0.1) is 0 Å². The molecular formula is C42H26N6O. The summed E-state index contributed by atoms with van der Waals surface area (Å²) in [7, 11) is 0. The first kappa shape index (κ1) is 28.4. The van der Waals surface area contributed by atoms with Crippen molar-refractivity contribution in [1.29, 1.82) is 0 Å². The number of fused-ring (bicyclic) bond motifs is 3. The Morgan fingerprint density at radius 1 is 0.388 bits per heavy atom. The Hall–Kier alpha value is -6.86. The Balaban J connectivity index is 1.11. The molecule has 49 heavy (non-hydrogen) atoms. The minimum Gasteiger partial charge on any atom is -0.434 e. The summed E-state index contributed by atoms with van der Waals surface area (Å²) in [5, 5.41) is 0.846. The number of hydrogen-bond donors (Lipinski definition) is 0. The number of furan rings is 1. The summed E-state index contributed by atoms with van der Waals surface area (Å²) in [4.78, 5) is 28.6. The minimum absolute atomic E-state index is 0.524. The summed E-state index contributed by atoms with van der Waals surface area (Å²) in [5.41, 5.74) is 10.4. The van der Waals surface area contributed by atoms with Gasteiger partial charge in [0.05, 0.1) is 5.39 Å². The molecule has 0 N–H and O–H groups in total. The molecule has 4 heterocycles. The highest BCUT2D eigenvalue weighted by Gasteiger charge is 2.18. The molecule has 4 aromatic heterocycles. The molecular weight excluding hydrogens is 605 g/mol. The average molecular weight is 631 g/mol. The Morgan fingerprint density at radius 3 is 1.59 bits per heavy atom. The lowest BCUT2D eigenvalue weighted by Gasteiger charge is -2.10. The lowest BCUT2D eigenvalue weighted by molar-refractivity contribution is 0.652. The zero-order valence-electron chi connectivity index (χ0n) is 26.1. The molecule has 0 aliphatic heterocycles. The molecule has 230 valence electrons. The van der Waals surface area contributed by atoms with Crippen LogP contribution in [0.2, 0.25) is 0 Å². The predicted octanol–water partition coefficient (Wildman–Crippen LogP) is 9.96. The van der Waals surface area contributed by atoms with Gasteiger partial charge in [-0.05, 0) is 28.8 Å². The number of benzene rings is 5. The fourth-order valence-corrected chi connectivity index (χ4v) is 6.05. The first-order valence-electron chi connectivity index (χ1n) is 15.9. The number of pyridine rings is 1. The number of nitrogens with zero attached hydrogens (tertiary/aromatic N) is 6. The molecule has 0 spiro atoms. The van der Waals surface area contributed by atoms with E-state index in [1.54, 1.807) is 6.33 Å². The standard InChI is InChI=1S/C42H26N6O/c1-4-11-27(12-5-1)32-17-10-18-33(23-32)41-47-39(30-15-8-3-9-16-30)46-40(48-41)31-21-19-29(20-22-31)36-38-37(45-26-44-36)35-24-34(25-43-42(35)49-38)28-13-6-2-7-14-28/h1-26H. The van der Waals surface area contributed by atoms with Gasteiger partial charge < -0.3 is 4.42 Å². The van der Waals surface area contributed by atoms with Gasteiger partial charge >= 0.3 is 0 Å². The van der Waals surface area contributed by atoms with Gasteiger partial charge in [0.25, 0.3) is 0 Å². The monoisotopic (exact) mass is 630 g/mol. The van der Waals surface area contributed by atoms with Crippen molar-refractivity contribution in [2.24, 2.45) is 0 Å². The van der Waals surface area contributed by atoms with Crippen LogP contribution >= 0.6 is 0 Å². The summed E-state index contributed by atoms with van der Waals surface area (Å²) in [6.45, 7) is 0. The Labute approximate surface area is 281 Å². The average Bonchev–Trinajstić information content (AvgIpc) is 3.57. The van der Waals surface area contributed by atoms with E-state index in [-0.39, 0.29) is 0 Å². The molecule has 0 radical (unpaired) electrons. The van der Waals surface area contributed by atoms with Crippen molar-refractivity contribution in [2.45, 2.75) is 0 Å². The van der Waals surface area contributed by atoms with E-state index >= 15 is 0 Å². The highest BCUT2D eigenvalue weighted by Crippen LogP contribution is 2.35. The van der Waals surface area contributed by atoms with Gasteiger partial charge in [-0.3, -0.25) is 0 Å². The fraction of sp³-hybridized carbons (Fsp3) is 0. The lowest BCUT2D eigenvalue weighted by Crippen LogP contribution is -2.00. The van der Waals surface area contributed by atoms with Crippen molar-refractivity contribution in [2.75, 3.05) is 0 Å². The second-order valence-electron chi connectivity index (χ2n) is 11.6. The summed E-state index contributed by atoms with van der Waals surface area (Å²) >= 11 is 0. The van der Waals surface area contributed by atoms with Crippen molar-refractivity contribution in [1.82, 2.24) is 29.9 Å². The fourth-order valence-electron chi connectivity index (χ4n) is 6.05. The zero-order valence-corrected chi connectivity index (χ0v) is 26.1. The largest absolute Gasteiger partial charge is 0.434 e. The van der Waals surface area contributed by atoms with Crippen LogP contribution in [0.5, 0.6) is 0 Å². The maximum Gasteiger partial charge on any atom is 0.229 e. The van der Waals surface area contributed by atoms with Crippen LogP contribution in [-0.2, 0) is 0 Å². The van der Waals surface area contributed by atoms with E-state index < -0.39 is 0 Å². The first-order chi connectivity index (χ1) is 24.3. The van der Waals surface area contributed by atoms with Crippen molar-refractivity contribution in [3.05, 3.63) is 158 Å². The van der Waals surface area contributed by atoms with Crippen LogP contribution in [0.4, 0.5) is 0 Å².